The average Bonchev–Trinajstić information content (AvgIpc) is 2.93. The lowest BCUT2D eigenvalue weighted by molar-refractivity contribution is -0.150. The van der Waals surface area contributed by atoms with Crippen LogP contribution in [-0.4, -0.2) is 24.7 Å². The number of nitrogen functional groups attached to an aromatic ring is 1. The van der Waals surface area contributed by atoms with Crippen LogP contribution in [0.5, 0.6) is 5.75 Å². The maximum absolute atomic E-state index is 11.8. The number of hydrogen-bond acceptors (Lipinski definition) is 5. The molecule has 1 unspecified atom stereocenters. The van der Waals surface area contributed by atoms with Crippen molar-refractivity contribution in [3.63, 3.8) is 0 Å². The Bertz CT molecular complexity index is 427. The van der Waals surface area contributed by atoms with Gasteiger partial charge in [-0.1, -0.05) is 0 Å². The van der Waals surface area contributed by atoms with Gasteiger partial charge in [0.1, 0.15) is 17.9 Å². The molecular weight excluding hydrogens is 256 g/mol. The van der Waals surface area contributed by atoms with Crippen LogP contribution >= 0.6 is 0 Å². The number of carbonyl (C=O) groups excluding carboxylic acids is 1. The van der Waals surface area contributed by atoms with Crippen LogP contribution in [-0.2, 0) is 9.53 Å². The number of rotatable bonds is 6. The molecule has 5 nitrogen and oxygen atoms in total. The minimum atomic E-state index is -0.621. The molecule has 1 aliphatic carbocycles. The predicted molar refractivity (Wildman–Crippen MR) is 77.3 cm³/mol. The molecule has 2 rings (SSSR count). The highest BCUT2D eigenvalue weighted by atomic mass is 16.5. The maximum Gasteiger partial charge on any atom is 0.323 e. The summed E-state index contributed by atoms with van der Waals surface area (Å²) in [6.07, 6.45) is 4.68. The summed E-state index contributed by atoms with van der Waals surface area (Å²) >= 11 is 0. The average molecular weight is 278 g/mol. The summed E-state index contributed by atoms with van der Waals surface area (Å²) < 4.78 is 10.9. The Labute approximate surface area is 119 Å². The first-order chi connectivity index (χ1) is 9.65. The molecule has 1 aromatic carbocycles. The fourth-order valence-corrected chi connectivity index (χ4v) is 2.24. The van der Waals surface area contributed by atoms with Gasteiger partial charge in [-0.2, -0.15) is 0 Å². The Kier molecular flexibility index (Phi) is 5.24. The van der Waals surface area contributed by atoms with Crippen molar-refractivity contribution in [2.45, 2.75) is 44.2 Å². The molecule has 0 amide bonds. The molecule has 110 valence electrons. The van der Waals surface area contributed by atoms with E-state index in [4.69, 9.17) is 20.9 Å². The second kappa shape index (κ2) is 7.14. The highest BCUT2D eigenvalue weighted by Gasteiger charge is 2.22. The number of anilines is 1. The summed E-state index contributed by atoms with van der Waals surface area (Å²) in [5, 5.41) is 0. The number of benzene rings is 1. The minimum Gasteiger partial charge on any atom is -0.494 e. The second-order valence-corrected chi connectivity index (χ2v) is 5.16. The van der Waals surface area contributed by atoms with Crippen molar-refractivity contribution < 1.29 is 14.3 Å². The predicted octanol–water partition coefficient (Wildman–Crippen LogP) is 1.85. The third kappa shape index (κ3) is 4.42. The van der Waals surface area contributed by atoms with Crippen molar-refractivity contribution in [3.05, 3.63) is 24.3 Å². The first kappa shape index (κ1) is 14.7. The van der Waals surface area contributed by atoms with Crippen LogP contribution in [0.1, 0.15) is 32.1 Å². The molecule has 1 aliphatic rings. The molecular formula is C15H22N2O3. The zero-order valence-electron chi connectivity index (χ0n) is 11.6. The molecule has 0 aliphatic heterocycles. The summed E-state index contributed by atoms with van der Waals surface area (Å²) in [6.45, 7) is 0.380. The zero-order chi connectivity index (χ0) is 14.4. The molecule has 1 atom stereocenters. The lowest BCUT2D eigenvalue weighted by atomic mass is 10.2. The fraction of sp³-hybridized carbons (Fsp3) is 0.533. The molecule has 5 heteroatoms. The number of ether oxygens (including phenoxy) is 2. The van der Waals surface area contributed by atoms with Gasteiger partial charge in [-0.3, -0.25) is 4.79 Å². The van der Waals surface area contributed by atoms with Crippen molar-refractivity contribution in [3.8, 4) is 5.75 Å². The first-order valence-electron chi connectivity index (χ1n) is 7.09. The molecule has 0 saturated heterocycles. The molecule has 20 heavy (non-hydrogen) atoms. The van der Waals surface area contributed by atoms with Gasteiger partial charge in [-0.15, -0.1) is 0 Å². The smallest absolute Gasteiger partial charge is 0.323 e. The van der Waals surface area contributed by atoms with Crippen LogP contribution in [0, 0.1) is 0 Å². The molecule has 0 bridgehead atoms. The zero-order valence-corrected chi connectivity index (χ0v) is 11.6. The van der Waals surface area contributed by atoms with Gasteiger partial charge in [0.2, 0.25) is 0 Å². The first-order valence-corrected chi connectivity index (χ1v) is 7.09. The second-order valence-electron chi connectivity index (χ2n) is 5.16. The Balaban J connectivity index is 1.67. The molecule has 0 radical (unpaired) electrons. The number of hydrogen-bond donors (Lipinski definition) is 2. The SMILES string of the molecule is Nc1ccc(OCCC(N)C(=O)OC2CCCC2)cc1. The number of esters is 1. The van der Waals surface area contributed by atoms with Crippen molar-refractivity contribution >= 4 is 11.7 Å². The molecule has 1 fully saturated rings. The molecule has 4 N–H and O–H groups in total. The molecule has 1 aromatic rings. The summed E-state index contributed by atoms with van der Waals surface area (Å²) in [5.74, 6) is 0.397. The molecule has 1 saturated carbocycles. The normalized spacial score (nSPS) is 16.9. The Morgan fingerprint density at radius 1 is 1.25 bits per heavy atom. The summed E-state index contributed by atoms with van der Waals surface area (Å²) in [6, 6.07) is 6.49. The topological polar surface area (TPSA) is 87.6 Å². The highest BCUT2D eigenvalue weighted by molar-refractivity contribution is 5.75. The van der Waals surface area contributed by atoms with E-state index in [9.17, 15) is 4.79 Å². The van der Waals surface area contributed by atoms with E-state index in [1.54, 1.807) is 24.3 Å². The van der Waals surface area contributed by atoms with Crippen molar-refractivity contribution in [1.82, 2.24) is 0 Å². The van der Waals surface area contributed by atoms with E-state index in [1.807, 2.05) is 0 Å². The van der Waals surface area contributed by atoms with Gasteiger partial charge in [0, 0.05) is 12.1 Å². The Morgan fingerprint density at radius 2 is 1.90 bits per heavy atom. The van der Waals surface area contributed by atoms with E-state index in [1.165, 1.54) is 0 Å². The van der Waals surface area contributed by atoms with Crippen molar-refractivity contribution in [2.24, 2.45) is 5.73 Å². The molecule has 0 aromatic heterocycles. The minimum absolute atomic E-state index is 0.0616. The fourth-order valence-electron chi connectivity index (χ4n) is 2.24. The van der Waals surface area contributed by atoms with Crippen LogP contribution < -0.4 is 16.2 Å². The standard InChI is InChI=1S/C15H22N2O3/c16-11-5-7-12(8-6-11)19-10-9-14(17)15(18)20-13-3-1-2-4-13/h5-8,13-14H,1-4,9-10,16-17H2. The van der Waals surface area contributed by atoms with Crippen LogP contribution in [0.4, 0.5) is 5.69 Å². The monoisotopic (exact) mass is 278 g/mol. The summed E-state index contributed by atoms with van der Waals surface area (Å²) in [5.41, 5.74) is 12.1. The van der Waals surface area contributed by atoms with Crippen molar-refractivity contribution in [1.29, 1.82) is 0 Å². The third-order valence-corrected chi connectivity index (χ3v) is 3.47. The Hall–Kier alpha value is -1.75. The van der Waals surface area contributed by atoms with E-state index >= 15 is 0 Å². The number of nitrogens with two attached hydrogens (primary N) is 2. The van der Waals surface area contributed by atoms with Crippen LogP contribution in [0.25, 0.3) is 0 Å². The van der Waals surface area contributed by atoms with Gasteiger partial charge in [-0.25, -0.2) is 0 Å². The quantitative estimate of drug-likeness (QED) is 0.612. The van der Waals surface area contributed by atoms with E-state index in [2.05, 4.69) is 0 Å². The van der Waals surface area contributed by atoms with E-state index in [0.717, 1.165) is 31.4 Å². The van der Waals surface area contributed by atoms with Gasteiger partial charge < -0.3 is 20.9 Å². The summed E-state index contributed by atoms with van der Waals surface area (Å²) in [7, 11) is 0. The van der Waals surface area contributed by atoms with Crippen LogP contribution in [0.2, 0.25) is 0 Å². The van der Waals surface area contributed by atoms with Gasteiger partial charge >= 0.3 is 5.97 Å². The highest BCUT2D eigenvalue weighted by Crippen LogP contribution is 2.21. The number of carbonyl (C=O) groups is 1. The third-order valence-electron chi connectivity index (χ3n) is 3.47. The molecule has 0 heterocycles. The van der Waals surface area contributed by atoms with Crippen molar-refractivity contribution in [2.75, 3.05) is 12.3 Å². The largest absolute Gasteiger partial charge is 0.494 e. The van der Waals surface area contributed by atoms with Gasteiger partial charge in [-0.05, 0) is 49.9 Å². The van der Waals surface area contributed by atoms with Gasteiger partial charge in [0.05, 0.1) is 6.61 Å². The van der Waals surface area contributed by atoms with E-state index < -0.39 is 6.04 Å². The van der Waals surface area contributed by atoms with Crippen LogP contribution in [0.3, 0.4) is 0 Å². The summed E-state index contributed by atoms with van der Waals surface area (Å²) in [4.78, 5) is 11.8. The lowest BCUT2D eigenvalue weighted by Gasteiger charge is -2.16. The van der Waals surface area contributed by atoms with E-state index in [-0.39, 0.29) is 12.1 Å². The lowest BCUT2D eigenvalue weighted by Crippen LogP contribution is -2.35. The Morgan fingerprint density at radius 3 is 2.55 bits per heavy atom. The maximum atomic E-state index is 11.8. The van der Waals surface area contributed by atoms with Gasteiger partial charge in [0.25, 0.3) is 0 Å². The van der Waals surface area contributed by atoms with Gasteiger partial charge in [0.15, 0.2) is 0 Å². The van der Waals surface area contributed by atoms with Crippen LogP contribution in [0.15, 0.2) is 24.3 Å². The molecule has 0 spiro atoms. The van der Waals surface area contributed by atoms with E-state index in [0.29, 0.717) is 18.7 Å².